The molecule has 0 unspecified atom stereocenters. The molecule has 1 aromatic heterocycles. The molecule has 31 heavy (non-hydrogen) atoms. The van der Waals surface area contributed by atoms with Crippen LogP contribution >= 0.6 is 0 Å². The monoisotopic (exact) mass is 445 g/mol. The fourth-order valence-corrected chi connectivity index (χ4v) is 5.75. The van der Waals surface area contributed by atoms with E-state index in [1.807, 2.05) is 0 Å². The third kappa shape index (κ3) is 5.57. The Morgan fingerprint density at radius 1 is 1.13 bits per heavy atom. The van der Waals surface area contributed by atoms with Gasteiger partial charge in [-0.25, -0.2) is 8.42 Å². The number of hydrogen-bond acceptors (Lipinski definition) is 3. The first-order valence-electron chi connectivity index (χ1n) is 11.2. The number of rotatable bonds is 8. The Balaban J connectivity index is 1.61. The molecule has 1 saturated heterocycles. The quantitative estimate of drug-likeness (QED) is 0.670. The van der Waals surface area contributed by atoms with Crippen LogP contribution in [0.5, 0.6) is 0 Å². The number of nitrogens with one attached hydrogen (secondary N) is 1. The van der Waals surface area contributed by atoms with Crippen LogP contribution in [-0.2, 0) is 28.3 Å². The molecule has 1 aliphatic rings. The Labute approximate surface area is 186 Å². The number of aryl methyl sites for hydroxylation is 2. The van der Waals surface area contributed by atoms with E-state index in [4.69, 9.17) is 0 Å². The zero-order valence-electron chi connectivity index (χ0n) is 19.0. The van der Waals surface area contributed by atoms with Crippen molar-refractivity contribution in [3.63, 3.8) is 0 Å². The van der Waals surface area contributed by atoms with Crippen molar-refractivity contribution in [2.75, 3.05) is 13.1 Å². The van der Waals surface area contributed by atoms with Crippen LogP contribution in [0, 0.1) is 11.8 Å². The van der Waals surface area contributed by atoms with Crippen LogP contribution in [0.2, 0.25) is 0 Å². The summed E-state index contributed by atoms with van der Waals surface area (Å²) in [6, 6.07) is 10.1. The fourth-order valence-electron chi connectivity index (χ4n) is 4.22. The normalized spacial score (nSPS) is 17.1. The Hall–Kier alpha value is -2.12. The molecule has 1 fully saturated rings. The van der Waals surface area contributed by atoms with Gasteiger partial charge in [0.15, 0.2) is 0 Å². The first kappa shape index (κ1) is 23.5. The summed E-state index contributed by atoms with van der Waals surface area (Å²) in [5.41, 5.74) is 2.43. The van der Waals surface area contributed by atoms with Crippen LogP contribution in [0.4, 0.5) is 0 Å². The molecule has 0 saturated carbocycles. The highest BCUT2D eigenvalue weighted by atomic mass is 32.2. The van der Waals surface area contributed by atoms with E-state index in [2.05, 4.69) is 50.4 Å². The lowest BCUT2D eigenvalue weighted by Gasteiger charge is -2.32. The molecule has 0 radical (unpaired) electrons. The number of carbonyl (C=O) groups excluding carboxylic acids is 1. The second-order valence-corrected chi connectivity index (χ2v) is 10.9. The van der Waals surface area contributed by atoms with Gasteiger partial charge in [0, 0.05) is 38.4 Å². The summed E-state index contributed by atoms with van der Waals surface area (Å²) in [6.07, 6.45) is 6.60. The van der Waals surface area contributed by atoms with Crippen LogP contribution in [0.25, 0.3) is 0 Å². The fraction of sp³-hybridized carbons (Fsp3) is 0.542. The zero-order chi connectivity index (χ0) is 22.6. The van der Waals surface area contributed by atoms with Gasteiger partial charge in [0.25, 0.3) is 0 Å². The molecular formula is C24H35N3O3S. The van der Waals surface area contributed by atoms with Crippen molar-refractivity contribution in [2.24, 2.45) is 18.9 Å². The molecule has 2 aromatic rings. The highest BCUT2D eigenvalue weighted by Crippen LogP contribution is 2.27. The topological polar surface area (TPSA) is 71.4 Å². The van der Waals surface area contributed by atoms with Gasteiger partial charge in [-0.2, -0.15) is 4.31 Å². The van der Waals surface area contributed by atoms with Crippen molar-refractivity contribution in [3.8, 4) is 0 Å². The second-order valence-electron chi connectivity index (χ2n) is 8.91. The smallest absolute Gasteiger partial charge is 0.244 e. The third-order valence-corrected chi connectivity index (χ3v) is 7.99. The van der Waals surface area contributed by atoms with E-state index in [1.165, 1.54) is 9.87 Å². The second kappa shape index (κ2) is 10.0. The van der Waals surface area contributed by atoms with Gasteiger partial charge < -0.3 is 9.88 Å². The molecular weight excluding hydrogens is 410 g/mol. The van der Waals surface area contributed by atoms with Crippen molar-refractivity contribution < 1.29 is 13.2 Å². The largest absolute Gasteiger partial charge is 0.356 e. The molecule has 1 aromatic carbocycles. The summed E-state index contributed by atoms with van der Waals surface area (Å²) in [4.78, 5) is 13.3. The standard InChI is InChI=1S/C24H35N3O3S/c1-5-6-19-7-9-20(10-8-19)23(18(2)3)25-24(28)21-11-15-27(16-12-21)31(29,30)22-13-14-26(4)17-22/h7-10,13-14,17-18,21,23H,5-6,11-12,15-16H2,1-4H3,(H,25,28)/t23-/m0/s1. The summed E-state index contributed by atoms with van der Waals surface area (Å²) in [6.45, 7) is 7.13. The number of nitrogens with zero attached hydrogens (tertiary/aromatic N) is 2. The first-order chi connectivity index (χ1) is 14.7. The minimum absolute atomic E-state index is 0.0214. The number of amides is 1. The zero-order valence-corrected chi connectivity index (χ0v) is 19.9. The molecule has 0 aliphatic carbocycles. The number of hydrogen-bond donors (Lipinski definition) is 1. The summed E-state index contributed by atoms with van der Waals surface area (Å²) in [5.74, 6) is 0.121. The maximum absolute atomic E-state index is 13.0. The molecule has 1 atom stereocenters. The van der Waals surface area contributed by atoms with Gasteiger partial charge in [-0.3, -0.25) is 4.79 Å². The van der Waals surface area contributed by atoms with Gasteiger partial charge in [0.2, 0.25) is 15.9 Å². The SMILES string of the molecule is CCCc1ccc([C@@H](NC(=O)C2CCN(S(=O)(=O)c3ccn(C)c3)CC2)C(C)C)cc1. The minimum atomic E-state index is -3.50. The average Bonchev–Trinajstić information content (AvgIpc) is 3.20. The van der Waals surface area contributed by atoms with Crippen LogP contribution in [-0.4, -0.2) is 36.3 Å². The molecule has 3 rings (SSSR count). The summed E-state index contributed by atoms with van der Waals surface area (Å²) in [7, 11) is -1.69. The molecule has 1 N–H and O–H groups in total. The van der Waals surface area contributed by atoms with Gasteiger partial charge in [-0.15, -0.1) is 0 Å². The van der Waals surface area contributed by atoms with Gasteiger partial charge in [-0.1, -0.05) is 51.5 Å². The molecule has 0 bridgehead atoms. The molecule has 1 amide bonds. The lowest BCUT2D eigenvalue weighted by atomic mass is 9.92. The summed E-state index contributed by atoms with van der Waals surface area (Å²) in [5, 5.41) is 3.23. The highest BCUT2D eigenvalue weighted by Gasteiger charge is 2.33. The van der Waals surface area contributed by atoms with Gasteiger partial charge >= 0.3 is 0 Å². The van der Waals surface area contributed by atoms with E-state index in [-0.39, 0.29) is 23.8 Å². The molecule has 2 heterocycles. The molecule has 7 heteroatoms. The number of sulfonamides is 1. The van der Waals surface area contributed by atoms with Gasteiger partial charge in [0.05, 0.1) is 10.9 Å². The minimum Gasteiger partial charge on any atom is -0.356 e. The molecule has 1 aliphatic heterocycles. The Morgan fingerprint density at radius 3 is 2.29 bits per heavy atom. The maximum atomic E-state index is 13.0. The van der Waals surface area contributed by atoms with Crippen molar-refractivity contribution in [3.05, 3.63) is 53.9 Å². The van der Waals surface area contributed by atoms with Gasteiger partial charge in [-0.05, 0) is 42.4 Å². The van der Waals surface area contributed by atoms with Crippen molar-refractivity contribution >= 4 is 15.9 Å². The van der Waals surface area contributed by atoms with Crippen LogP contribution in [0.15, 0.2) is 47.6 Å². The number of benzene rings is 1. The Bertz CT molecular complexity index is 972. The molecule has 170 valence electrons. The highest BCUT2D eigenvalue weighted by molar-refractivity contribution is 7.89. The summed E-state index contributed by atoms with van der Waals surface area (Å²) >= 11 is 0. The predicted octanol–water partition coefficient (Wildman–Crippen LogP) is 3.89. The van der Waals surface area contributed by atoms with Crippen molar-refractivity contribution in [2.45, 2.75) is 57.4 Å². The summed E-state index contributed by atoms with van der Waals surface area (Å²) < 4.78 is 28.9. The van der Waals surface area contributed by atoms with E-state index in [1.54, 1.807) is 30.1 Å². The van der Waals surface area contributed by atoms with Gasteiger partial charge in [0.1, 0.15) is 0 Å². The lowest BCUT2D eigenvalue weighted by molar-refractivity contribution is -0.127. The average molecular weight is 446 g/mol. The molecule has 6 nitrogen and oxygen atoms in total. The van der Waals surface area contributed by atoms with E-state index in [9.17, 15) is 13.2 Å². The first-order valence-corrected chi connectivity index (χ1v) is 12.7. The molecule has 0 spiro atoms. The van der Waals surface area contributed by atoms with E-state index >= 15 is 0 Å². The van der Waals surface area contributed by atoms with Crippen LogP contribution < -0.4 is 5.32 Å². The van der Waals surface area contributed by atoms with Crippen LogP contribution in [0.1, 0.15) is 57.2 Å². The Morgan fingerprint density at radius 2 is 1.77 bits per heavy atom. The number of piperidine rings is 1. The lowest BCUT2D eigenvalue weighted by Crippen LogP contribution is -2.44. The van der Waals surface area contributed by atoms with E-state index in [0.29, 0.717) is 30.8 Å². The number of carbonyl (C=O) groups is 1. The van der Waals surface area contributed by atoms with Crippen molar-refractivity contribution in [1.29, 1.82) is 0 Å². The third-order valence-electron chi connectivity index (χ3n) is 6.11. The van der Waals surface area contributed by atoms with Crippen molar-refractivity contribution in [1.82, 2.24) is 14.2 Å². The van der Waals surface area contributed by atoms with Crippen LogP contribution in [0.3, 0.4) is 0 Å². The van der Waals surface area contributed by atoms with E-state index < -0.39 is 10.0 Å². The maximum Gasteiger partial charge on any atom is 0.244 e. The van der Waals surface area contributed by atoms with E-state index in [0.717, 1.165) is 18.4 Å². The number of aromatic nitrogens is 1. The Kier molecular flexibility index (Phi) is 7.59. The predicted molar refractivity (Wildman–Crippen MR) is 123 cm³/mol.